The van der Waals surface area contributed by atoms with Crippen LogP contribution >= 0.6 is 0 Å². The van der Waals surface area contributed by atoms with Gasteiger partial charge in [0.15, 0.2) is 17.8 Å². The van der Waals surface area contributed by atoms with Gasteiger partial charge in [-0.15, -0.1) is 0 Å². The first-order chi connectivity index (χ1) is 16.7. The number of carboxylic acids is 1. The van der Waals surface area contributed by atoms with Gasteiger partial charge in [-0.1, -0.05) is 48.5 Å². The molecule has 1 aromatic heterocycles. The van der Waals surface area contributed by atoms with Crippen LogP contribution in [-0.2, 0) is 16.1 Å². The summed E-state index contributed by atoms with van der Waals surface area (Å²) in [7, 11) is 0. The number of amides is 2. The number of alkyl carbamates (subject to hydrolysis) is 1. The lowest BCUT2D eigenvalue weighted by molar-refractivity contribution is -0.138. The van der Waals surface area contributed by atoms with Crippen molar-refractivity contribution in [3.8, 4) is 11.1 Å². The molecule has 4 rings (SSSR count). The second-order valence-electron chi connectivity index (χ2n) is 9.26. The third-order valence-electron chi connectivity index (χ3n) is 5.93. The summed E-state index contributed by atoms with van der Waals surface area (Å²) in [5, 5.41) is 11.8. The molecule has 9 nitrogen and oxygen atoms in total. The Kier molecular flexibility index (Phi) is 6.59. The molecule has 0 atom stereocenters. The zero-order chi connectivity index (χ0) is 25.2. The van der Waals surface area contributed by atoms with Crippen molar-refractivity contribution in [3.63, 3.8) is 0 Å². The van der Waals surface area contributed by atoms with Crippen LogP contribution in [0, 0.1) is 0 Å². The average Bonchev–Trinajstić information content (AvgIpc) is 3.41. The number of ether oxygens (including phenoxy) is 1. The molecule has 0 unspecified atom stereocenters. The van der Waals surface area contributed by atoms with Crippen molar-refractivity contribution >= 4 is 18.0 Å². The fraction of sp³-hybridized carbons (Fsp3) is 0.308. The van der Waals surface area contributed by atoms with Crippen LogP contribution in [0.2, 0.25) is 0 Å². The molecular formula is C26H27N3O6. The monoisotopic (exact) mass is 477 g/mol. The van der Waals surface area contributed by atoms with Crippen LogP contribution in [-0.4, -0.2) is 51.7 Å². The van der Waals surface area contributed by atoms with E-state index in [9.17, 15) is 19.5 Å². The zero-order valence-corrected chi connectivity index (χ0v) is 19.8. The van der Waals surface area contributed by atoms with Gasteiger partial charge < -0.3 is 24.5 Å². The van der Waals surface area contributed by atoms with Crippen molar-refractivity contribution in [1.82, 2.24) is 15.2 Å². The quantitative estimate of drug-likeness (QED) is 0.527. The molecular weight excluding hydrogens is 450 g/mol. The Morgan fingerprint density at radius 3 is 2.23 bits per heavy atom. The number of aromatic nitrogens is 1. The van der Waals surface area contributed by atoms with Crippen LogP contribution < -0.4 is 5.32 Å². The van der Waals surface area contributed by atoms with Crippen molar-refractivity contribution < 1.29 is 28.6 Å². The van der Waals surface area contributed by atoms with Gasteiger partial charge in [0, 0.05) is 11.5 Å². The van der Waals surface area contributed by atoms with Crippen molar-refractivity contribution in [2.75, 3.05) is 13.2 Å². The largest absolute Gasteiger partial charge is 0.480 e. The minimum atomic E-state index is -1.14. The first kappa shape index (κ1) is 24.0. The predicted octanol–water partition coefficient (Wildman–Crippen LogP) is 4.04. The number of aliphatic carboxylic acids is 1. The van der Waals surface area contributed by atoms with Gasteiger partial charge in [0.2, 0.25) is 0 Å². The van der Waals surface area contributed by atoms with E-state index in [-0.39, 0.29) is 30.5 Å². The molecule has 182 valence electrons. The SMILES string of the molecule is CC(C)(C)N(CC(=O)O)C(=O)c1ncoc1CNC(=O)OCC1c2ccccc2-c2ccccc21. The van der Waals surface area contributed by atoms with Crippen LogP contribution in [0.5, 0.6) is 0 Å². The Morgan fingerprint density at radius 1 is 1.06 bits per heavy atom. The lowest BCUT2D eigenvalue weighted by Gasteiger charge is -2.33. The molecule has 0 saturated heterocycles. The van der Waals surface area contributed by atoms with Gasteiger partial charge in [-0.05, 0) is 43.0 Å². The van der Waals surface area contributed by atoms with Crippen LogP contribution in [0.4, 0.5) is 4.79 Å². The van der Waals surface area contributed by atoms with Crippen LogP contribution in [0.3, 0.4) is 0 Å². The number of hydrogen-bond acceptors (Lipinski definition) is 6. The number of nitrogens with zero attached hydrogens (tertiary/aromatic N) is 2. The summed E-state index contributed by atoms with van der Waals surface area (Å²) in [6.45, 7) is 4.70. The lowest BCUT2D eigenvalue weighted by atomic mass is 9.98. The van der Waals surface area contributed by atoms with E-state index in [4.69, 9.17) is 9.15 Å². The van der Waals surface area contributed by atoms with E-state index < -0.39 is 30.1 Å². The first-order valence-corrected chi connectivity index (χ1v) is 11.2. The van der Waals surface area contributed by atoms with Gasteiger partial charge >= 0.3 is 12.1 Å². The van der Waals surface area contributed by atoms with Gasteiger partial charge in [0.05, 0.1) is 6.54 Å². The first-order valence-electron chi connectivity index (χ1n) is 11.2. The van der Waals surface area contributed by atoms with E-state index in [1.54, 1.807) is 20.8 Å². The fourth-order valence-corrected chi connectivity index (χ4v) is 4.25. The normalized spacial score (nSPS) is 12.5. The average molecular weight is 478 g/mol. The van der Waals surface area contributed by atoms with Crippen LogP contribution in [0.25, 0.3) is 11.1 Å². The van der Waals surface area contributed by atoms with Gasteiger partial charge in [-0.25, -0.2) is 9.78 Å². The highest BCUT2D eigenvalue weighted by atomic mass is 16.5. The number of carboxylic acid groups (broad SMARTS) is 1. The molecule has 0 radical (unpaired) electrons. The number of oxazole rings is 1. The second kappa shape index (κ2) is 9.61. The van der Waals surface area contributed by atoms with Crippen LogP contribution in [0.1, 0.15) is 54.1 Å². The highest BCUT2D eigenvalue weighted by Crippen LogP contribution is 2.44. The number of carbonyl (C=O) groups is 3. The molecule has 3 aromatic rings. The Bertz CT molecular complexity index is 1210. The molecule has 2 amide bonds. The fourth-order valence-electron chi connectivity index (χ4n) is 4.25. The summed E-state index contributed by atoms with van der Waals surface area (Å²) in [6, 6.07) is 16.1. The number of benzene rings is 2. The smallest absolute Gasteiger partial charge is 0.407 e. The molecule has 1 aliphatic carbocycles. The summed E-state index contributed by atoms with van der Waals surface area (Å²) in [4.78, 5) is 41.8. The van der Waals surface area contributed by atoms with Crippen LogP contribution in [0.15, 0.2) is 59.3 Å². The summed E-state index contributed by atoms with van der Waals surface area (Å²) in [5.41, 5.74) is 3.65. The molecule has 9 heteroatoms. The van der Waals surface area contributed by atoms with Gasteiger partial charge in [0.25, 0.3) is 5.91 Å². The van der Waals surface area contributed by atoms with E-state index in [2.05, 4.69) is 22.4 Å². The molecule has 0 spiro atoms. The Hall–Kier alpha value is -4.14. The number of carbonyl (C=O) groups excluding carboxylic acids is 2. The Balaban J connectivity index is 1.40. The number of hydrogen-bond donors (Lipinski definition) is 2. The van der Waals surface area contributed by atoms with E-state index in [0.29, 0.717) is 0 Å². The molecule has 2 N–H and O–H groups in total. The summed E-state index contributed by atoms with van der Waals surface area (Å²) in [5.74, 6) is -1.71. The molecule has 0 fully saturated rings. The minimum absolute atomic E-state index is 0.0554. The van der Waals surface area contributed by atoms with Crippen molar-refractivity contribution in [3.05, 3.63) is 77.5 Å². The minimum Gasteiger partial charge on any atom is -0.480 e. The highest BCUT2D eigenvalue weighted by Gasteiger charge is 2.33. The van der Waals surface area contributed by atoms with E-state index >= 15 is 0 Å². The number of rotatable bonds is 7. The third-order valence-corrected chi connectivity index (χ3v) is 5.93. The summed E-state index contributed by atoms with van der Waals surface area (Å²) >= 11 is 0. The standard InChI is InChI=1S/C26H27N3O6/c1-26(2,3)29(13-22(30)31)24(32)23-21(35-15-28-23)12-27-25(33)34-14-20-18-10-6-4-8-16(18)17-9-5-7-11-19(17)20/h4-11,15,20H,12-14H2,1-3H3,(H,27,33)(H,30,31). The molecule has 0 aliphatic heterocycles. The molecule has 1 aliphatic rings. The van der Waals surface area contributed by atoms with E-state index in [1.165, 1.54) is 4.90 Å². The molecule has 0 saturated carbocycles. The molecule has 1 heterocycles. The predicted molar refractivity (Wildman–Crippen MR) is 127 cm³/mol. The Morgan fingerprint density at radius 2 is 1.66 bits per heavy atom. The topological polar surface area (TPSA) is 122 Å². The maximum absolute atomic E-state index is 13.0. The van der Waals surface area contributed by atoms with E-state index in [1.807, 2.05) is 36.4 Å². The van der Waals surface area contributed by atoms with Crippen molar-refractivity contribution in [2.24, 2.45) is 0 Å². The van der Waals surface area contributed by atoms with Crippen molar-refractivity contribution in [2.45, 2.75) is 38.8 Å². The van der Waals surface area contributed by atoms with Gasteiger partial charge in [0.1, 0.15) is 13.2 Å². The number of nitrogens with one attached hydrogen (secondary N) is 1. The zero-order valence-electron chi connectivity index (χ0n) is 19.8. The molecule has 35 heavy (non-hydrogen) atoms. The van der Waals surface area contributed by atoms with Crippen molar-refractivity contribution in [1.29, 1.82) is 0 Å². The van der Waals surface area contributed by atoms with Gasteiger partial charge in [-0.2, -0.15) is 0 Å². The summed E-state index contributed by atoms with van der Waals surface area (Å²) < 4.78 is 10.8. The third kappa shape index (κ3) is 5.03. The second-order valence-corrected chi connectivity index (χ2v) is 9.26. The lowest BCUT2D eigenvalue weighted by Crippen LogP contribution is -2.48. The highest BCUT2D eigenvalue weighted by molar-refractivity contribution is 5.95. The van der Waals surface area contributed by atoms with E-state index in [0.717, 1.165) is 28.6 Å². The van der Waals surface area contributed by atoms with Gasteiger partial charge in [-0.3, -0.25) is 9.59 Å². The molecule has 0 bridgehead atoms. The maximum atomic E-state index is 13.0. The Labute approximate surface area is 202 Å². The number of fused-ring (bicyclic) bond motifs is 3. The molecule has 2 aromatic carbocycles. The summed E-state index contributed by atoms with van der Waals surface area (Å²) in [6.07, 6.45) is 0.420. The maximum Gasteiger partial charge on any atom is 0.407 e.